The van der Waals surface area contributed by atoms with Gasteiger partial charge in [-0.05, 0) is 80.6 Å². The van der Waals surface area contributed by atoms with Crippen LogP contribution in [0.2, 0.25) is 0 Å². The fourth-order valence-corrected chi connectivity index (χ4v) is 5.66. The molecular weight excluding hydrogens is 659 g/mol. The highest BCUT2D eigenvalue weighted by Crippen LogP contribution is 2.33. The number of fused-ring (bicyclic) bond motifs is 1. The molecule has 10 nitrogen and oxygen atoms in total. The van der Waals surface area contributed by atoms with Crippen LogP contribution in [0.3, 0.4) is 0 Å². The number of ether oxygens (including phenoxy) is 2. The maximum Gasteiger partial charge on any atom is 0.284 e. The summed E-state index contributed by atoms with van der Waals surface area (Å²) in [4.78, 5) is 30.4. The van der Waals surface area contributed by atoms with E-state index in [1.165, 1.54) is 28.2 Å². The molecule has 0 atom stereocenters. The van der Waals surface area contributed by atoms with Gasteiger partial charge in [0.15, 0.2) is 11.6 Å². The average Bonchev–Trinajstić information content (AvgIpc) is 3.62. The monoisotopic (exact) mass is 702 g/mol. The zero-order valence-corrected chi connectivity index (χ0v) is 30.4. The predicted molar refractivity (Wildman–Crippen MR) is 205 cm³/mol. The molecule has 268 valence electrons. The minimum absolute atomic E-state index is 0.0238. The van der Waals surface area contributed by atoms with E-state index in [-0.39, 0.29) is 17.0 Å². The van der Waals surface area contributed by atoms with Crippen LogP contribution < -0.4 is 25.4 Å². The number of hydrogen-bond acceptors (Lipinski definition) is 7. The van der Waals surface area contributed by atoms with E-state index in [4.69, 9.17) is 9.47 Å². The number of anilines is 2. The van der Waals surface area contributed by atoms with Gasteiger partial charge in [-0.1, -0.05) is 50.2 Å². The zero-order chi connectivity index (χ0) is 37.4. The number of allylic oxidation sites excluding steroid dienone is 1. The quantitative estimate of drug-likeness (QED) is 0.178. The first kappa shape index (κ1) is 36.9. The van der Waals surface area contributed by atoms with Gasteiger partial charge in [0.2, 0.25) is 0 Å². The van der Waals surface area contributed by atoms with E-state index in [0.29, 0.717) is 33.8 Å². The second-order valence-electron chi connectivity index (χ2n) is 11.6. The van der Waals surface area contributed by atoms with Gasteiger partial charge in [-0.2, -0.15) is 0 Å². The van der Waals surface area contributed by atoms with Crippen LogP contribution >= 0.6 is 0 Å². The van der Waals surface area contributed by atoms with Crippen molar-refractivity contribution in [1.82, 2.24) is 19.4 Å². The molecule has 52 heavy (non-hydrogen) atoms. The Morgan fingerprint density at radius 1 is 0.846 bits per heavy atom. The Labute approximate surface area is 302 Å². The summed E-state index contributed by atoms with van der Waals surface area (Å²) in [5, 5.41) is 7.70. The topological polar surface area (TPSA) is 93.9 Å². The molecule has 0 fully saturated rings. The van der Waals surface area contributed by atoms with E-state index < -0.39 is 17.3 Å². The maximum absolute atomic E-state index is 15.0. The molecule has 1 amide bonds. The molecule has 0 saturated heterocycles. The van der Waals surface area contributed by atoms with E-state index in [9.17, 15) is 14.0 Å². The van der Waals surface area contributed by atoms with Crippen LogP contribution in [0.15, 0.2) is 126 Å². The van der Waals surface area contributed by atoms with Crippen LogP contribution in [0.1, 0.15) is 36.8 Å². The van der Waals surface area contributed by atoms with E-state index in [0.717, 1.165) is 12.6 Å². The van der Waals surface area contributed by atoms with E-state index in [1.54, 1.807) is 68.4 Å². The lowest BCUT2D eigenvalue weighted by molar-refractivity contribution is 0.102. The predicted octanol–water partition coefficient (Wildman–Crippen LogP) is 8.51. The molecule has 7 rings (SSSR count). The van der Waals surface area contributed by atoms with Crippen molar-refractivity contribution in [3.8, 4) is 22.9 Å². The Morgan fingerprint density at radius 3 is 2.13 bits per heavy atom. The van der Waals surface area contributed by atoms with Crippen LogP contribution in [0.4, 0.5) is 15.8 Å². The van der Waals surface area contributed by atoms with Crippen LogP contribution in [0.5, 0.6) is 17.2 Å². The number of carbonyl (C=O) groups is 1. The van der Waals surface area contributed by atoms with Gasteiger partial charge in [-0.15, -0.1) is 0 Å². The molecule has 1 N–H and O–H groups in total. The fourth-order valence-electron chi connectivity index (χ4n) is 5.66. The molecule has 0 aliphatic carbocycles. The standard InChI is InChI=1S/C28H23FN4O4.C11H14N2.C2H6/c1-17-26(28(35)33(32(17)2)19-7-5-4-6-8-19)27(34)31-18-9-12-25(22(29)15-18)37-24-13-14-30-23-11-10-20(36-3)16-21(23)24;1-10-8-9-13(12(10)2)11-6-4-3-5-7-11;1-2/h4-16H,1-3H3,(H,31,34);3-8H,9H2,1-2H3;1-2H3. The van der Waals surface area contributed by atoms with Crippen LogP contribution in [-0.4, -0.2) is 46.0 Å². The first-order valence-electron chi connectivity index (χ1n) is 16.9. The Bertz CT molecular complexity index is 2250. The van der Waals surface area contributed by atoms with Gasteiger partial charge in [0, 0.05) is 43.1 Å². The van der Waals surface area contributed by atoms with Gasteiger partial charge < -0.3 is 14.8 Å². The maximum atomic E-state index is 15.0. The molecule has 4 aromatic carbocycles. The van der Waals surface area contributed by atoms with Gasteiger partial charge in [0.25, 0.3) is 11.5 Å². The van der Waals surface area contributed by atoms with Crippen molar-refractivity contribution >= 4 is 28.2 Å². The summed E-state index contributed by atoms with van der Waals surface area (Å²) < 4.78 is 29.1. The number of methoxy groups -OCH3 is 1. The number of para-hydroxylation sites is 2. The second kappa shape index (κ2) is 16.6. The van der Waals surface area contributed by atoms with Crippen LogP contribution in [0.25, 0.3) is 16.6 Å². The SMILES string of the molecule is CC.CC1=CCN(c2ccccc2)N1C.COc1ccc2nccc(Oc3ccc(NC(=O)c4c(C)n(C)n(-c5ccccc5)c4=O)cc3F)c2c1. The highest BCUT2D eigenvalue weighted by Gasteiger charge is 2.23. The Balaban J connectivity index is 0.000000290. The van der Waals surface area contributed by atoms with Crippen LogP contribution in [0, 0.1) is 12.7 Å². The van der Waals surface area contributed by atoms with E-state index >= 15 is 0 Å². The first-order valence-corrected chi connectivity index (χ1v) is 16.9. The Kier molecular flexibility index (Phi) is 11.8. The minimum Gasteiger partial charge on any atom is -0.497 e. The van der Waals surface area contributed by atoms with Crippen LogP contribution in [-0.2, 0) is 7.05 Å². The number of hydrogen-bond donors (Lipinski definition) is 1. The molecule has 1 aliphatic heterocycles. The number of nitrogens with one attached hydrogen (secondary N) is 1. The Morgan fingerprint density at radius 2 is 1.52 bits per heavy atom. The highest BCUT2D eigenvalue weighted by atomic mass is 19.1. The number of nitrogens with zero attached hydrogens (tertiary/aromatic N) is 5. The molecular formula is C41H43FN6O4. The lowest BCUT2D eigenvalue weighted by Crippen LogP contribution is -2.33. The average molecular weight is 703 g/mol. The normalized spacial score (nSPS) is 12.0. The lowest BCUT2D eigenvalue weighted by Gasteiger charge is -2.29. The van der Waals surface area contributed by atoms with Gasteiger partial charge in [-0.25, -0.2) is 9.07 Å². The summed E-state index contributed by atoms with van der Waals surface area (Å²) in [6.45, 7) is 8.79. The summed E-state index contributed by atoms with van der Waals surface area (Å²) in [7, 11) is 5.34. The smallest absolute Gasteiger partial charge is 0.284 e. The van der Waals surface area contributed by atoms with Crippen molar-refractivity contribution in [3.05, 3.63) is 149 Å². The molecule has 0 saturated carbocycles. The van der Waals surface area contributed by atoms with E-state index in [2.05, 4.69) is 64.6 Å². The van der Waals surface area contributed by atoms with Gasteiger partial charge in [0.1, 0.15) is 17.1 Å². The lowest BCUT2D eigenvalue weighted by atomic mass is 10.2. The first-order chi connectivity index (χ1) is 25.2. The Hall–Kier alpha value is -6.36. The summed E-state index contributed by atoms with van der Waals surface area (Å²) >= 11 is 0. The minimum atomic E-state index is -0.683. The molecule has 0 unspecified atom stereocenters. The van der Waals surface area contributed by atoms with Gasteiger partial charge in [0.05, 0.1) is 36.2 Å². The van der Waals surface area contributed by atoms with Gasteiger partial charge in [-0.3, -0.25) is 29.3 Å². The largest absolute Gasteiger partial charge is 0.497 e. The number of pyridine rings is 1. The number of benzene rings is 4. The molecule has 6 aromatic rings. The number of aromatic nitrogens is 3. The number of amides is 1. The highest BCUT2D eigenvalue weighted by molar-refractivity contribution is 6.05. The summed E-state index contributed by atoms with van der Waals surface area (Å²) in [5.74, 6) is -0.326. The second-order valence-corrected chi connectivity index (χ2v) is 11.6. The molecule has 3 heterocycles. The van der Waals surface area contributed by atoms with Crippen molar-refractivity contribution in [2.75, 3.05) is 31.0 Å². The van der Waals surface area contributed by atoms with E-state index in [1.807, 2.05) is 38.1 Å². The third-order valence-corrected chi connectivity index (χ3v) is 8.59. The third-order valence-electron chi connectivity index (χ3n) is 8.59. The third kappa shape index (κ3) is 7.83. The van der Waals surface area contributed by atoms with Crippen molar-refractivity contribution in [2.45, 2.75) is 27.7 Å². The molecule has 0 radical (unpaired) electrons. The molecule has 11 heteroatoms. The number of hydrazine groups is 1. The number of halogens is 1. The molecule has 0 bridgehead atoms. The van der Waals surface area contributed by atoms with Gasteiger partial charge >= 0.3 is 0 Å². The molecule has 1 aliphatic rings. The summed E-state index contributed by atoms with van der Waals surface area (Å²) in [6.07, 6.45) is 3.80. The van der Waals surface area contributed by atoms with Crippen molar-refractivity contribution in [2.24, 2.45) is 7.05 Å². The number of rotatable bonds is 7. The zero-order valence-electron chi connectivity index (χ0n) is 30.4. The fraction of sp³-hybridized carbons (Fsp3) is 0.195. The van der Waals surface area contributed by atoms with Crippen molar-refractivity contribution in [3.63, 3.8) is 0 Å². The summed E-state index contributed by atoms with van der Waals surface area (Å²) in [6, 6.07) is 30.5. The van der Waals surface area contributed by atoms with Crippen molar-refractivity contribution < 1.29 is 18.7 Å². The molecule has 0 spiro atoms. The van der Waals surface area contributed by atoms with Crippen molar-refractivity contribution in [1.29, 1.82) is 0 Å². The summed E-state index contributed by atoms with van der Waals surface area (Å²) in [5.41, 5.74) is 4.03. The molecule has 2 aromatic heterocycles. The number of carbonyl (C=O) groups excluding carboxylic acids is 1.